The Kier molecular flexibility index (Phi) is 4.41. The lowest BCUT2D eigenvalue weighted by Gasteiger charge is -2.32. The second-order valence-corrected chi connectivity index (χ2v) is 7.19. The summed E-state index contributed by atoms with van der Waals surface area (Å²) >= 11 is 0. The fourth-order valence-electron chi connectivity index (χ4n) is 2.61. The molecule has 0 amide bonds. The first-order valence-electron chi connectivity index (χ1n) is 6.56. The monoisotopic (exact) mass is 261 g/mol. The molecule has 2 rings (SSSR count). The molecule has 0 spiro atoms. The van der Waals surface area contributed by atoms with Gasteiger partial charge in [0.05, 0.1) is 5.75 Å². The van der Waals surface area contributed by atoms with E-state index in [0.717, 1.165) is 25.9 Å². The minimum absolute atomic E-state index is 0.220. The largest absolute Gasteiger partial charge is 0.315 e. The van der Waals surface area contributed by atoms with Crippen molar-refractivity contribution in [3.8, 4) is 0 Å². The van der Waals surface area contributed by atoms with Crippen LogP contribution in [-0.4, -0.2) is 56.7 Å². The van der Waals surface area contributed by atoms with Crippen LogP contribution in [0.15, 0.2) is 0 Å². The van der Waals surface area contributed by atoms with E-state index >= 15 is 0 Å². The number of sulfonamides is 1. The van der Waals surface area contributed by atoms with E-state index in [2.05, 4.69) is 10.6 Å². The predicted octanol–water partition coefficient (Wildman–Crippen LogP) is -0.248. The van der Waals surface area contributed by atoms with Gasteiger partial charge in [-0.25, -0.2) is 12.7 Å². The van der Waals surface area contributed by atoms with E-state index in [1.807, 2.05) is 0 Å². The van der Waals surface area contributed by atoms with Gasteiger partial charge in [-0.1, -0.05) is 0 Å². The van der Waals surface area contributed by atoms with Crippen molar-refractivity contribution in [2.75, 3.05) is 31.9 Å². The highest BCUT2D eigenvalue weighted by atomic mass is 32.2. The van der Waals surface area contributed by atoms with Crippen molar-refractivity contribution < 1.29 is 8.42 Å². The van der Waals surface area contributed by atoms with Gasteiger partial charge < -0.3 is 10.6 Å². The highest BCUT2D eigenvalue weighted by Gasteiger charge is 2.28. The highest BCUT2D eigenvalue weighted by Crippen LogP contribution is 2.15. The molecule has 2 aliphatic rings. The molecule has 0 aromatic carbocycles. The first kappa shape index (κ1) is 13.3. The quantitative estimate of drug-likeness (QED) is 0.733. The number of hydrogen-bond donors (Lipinski definition) is 2. The lowest BCUT2D eigenvalue weighted by molar-refractivity contribution is 0.276. The Hall–Kier alpha value is -0.170. The van der Waals surface area contributed by atoms with Crippen molar-refractivity contribution in [2.45, 2.75) is 38.3 Å². The average molecular weight is 261 g/mol. The molecule has 0 aromatic heterocycles. The molecule has 6 heteroatoms. The summed E-state index contributed by atoms with van der Waals surface area (Å²) in [6.07, 6.45) is 3.07. The van der Waals surface area contributed by atoms with Crippen LogP contribution < -0.4 is 10.6 Å². The van der Waals surface area contributed by atoms with Gasteiger partial charge in [0.25, 0.3) is 0 Å². The van der Waals surface area contributed by atoms with Crippen molar-refractivity contribution in [3.63, 3.8) is 0 Å². The zero-order valence-corrected chi connectivity index (χ0v) is 11.3. The van der Waals surface area contributed by atoms with Gasteiger partial charge in [-0.05, 0) is 32.7 Å². The predicted molar refractivity (Wildman–Crippen MR) is 68.5 cm³/mol. The van der Waals surface area contributed by atoms with E-state index in [0.29, 0.717) is 25.2 Å². The van der Waals surface area contributed by atoms with E-state index in [1.165, 1.54) is 6.42 Å². The second-order valence-electron chi connectivity index (χ2n) is 4.93. The number of nitrogens with one attached hydrogen (secondary N) is 2. The maximum atomic E-state index is 11.7. The summed E-state index contributed by atoms with van der Waals surface area (Å²) in [5, 5.41) is 6.96. The van der Waals surface area contributed by atoms with Gasteiger partial charge in [-0.3, -0.25) is 0 Å². The van der Waals surface area contributed by atoms with Gasteiger partial charge in [0.2, 0.25) is 10.0 Å². The van der Waals surface area contributed by atoms with E-state index in [9.17, 15) is 8.42 Å². The summed E-state index contributed by atoms with van der Waals surface area (Å²) in [4.78, 5) is 0. The molecule has 2 saturated heterocycles. The van der Waals surface area contributed by atoms with Crippen LogP contribution in [0.25, 0.3) is 0 Å². The van der Waals surface area contributed by atoms with Crippen LogP contribution in [0.3, 0.4) is 0 Å². The topological polar surface area (TPSA) is 61.4 Å². The number of piperidine rings is 1. The lowest BCUT2D eigenvalue weighted by atomic mass is 10.1. The van der Waals surface area contributed by atoms with Gasteiger partial charge >= 0.3 is 0 Å². The van der Waals surface area contributed by atoms with Gasteiger partial charge in [-0.15, -0.1) is 0 Å². The second kappa shape index (κ2) is 5.65. The molecule has 2 fully saturated rings. The Labute approximate surface area is 104 Å². The fourth-order valence-corrected chi connectivity index (χ4v) is 3.75. The molecule has 0 radical (unpaired) electrons. The Balaban J connectivity index is 1.77. The standard InChI is InChI=1S/C11H23N3O2S/c1-2-17(15,16)14-7-4-10(5-8-14)13-11-3-6-12-9-11/h10-13H,2-9H2,1H3. The Morgan fingerprint density at radius 3 is 2.47 bits per heavy atom. The summed E-state index contributed by atoms with van der Waals surface area (Å²) < 4.78 is 25.0. The molecule has 0 aliphatic carbocycles. The summed E-state index contributed by atoms with van der Waals surface area (Å²) in [6.45, 7) is 5.21. The number of nitrogens with zero attached hydrogens (tertiary/aromatic N) is 1. The van der Waals surface area contributed by atoms with E-state index < -0.39 is 10.0 Å². The van der Waals surface area contributed by atoms with Crippen LogP contribution in [0, 0.1) is 0 Å². The van der Waals surface area contributed by atoms with Crippen molar-refractivity contribution in [3.05, 3.63) is 0 Å². The molecule has 17 heavy (non-hydrogen) atoms. The average Bonchev–Trinajstić information content (AvgIpc) is 2.83. The third kappa shape index (κ3) is 3.40. The van der Waals surface area contributed by atoms with Crippen LogP contribution in [0.1, 0.15) is 26.2 Å². The molecule has 0 bridgehead atoms. The van der Waals surface area contributed by atoms with Crippen LogP contribution in [0.5, 0.6) is 0 Å². The summed E-state index contributed by atoms with van der Waals surface area (Å²) in [5.41, 5.74) is 0. The fraction of sp³-hybridized carbons (Fsp3) is 1.00. The molecule has 2 aliphatic heterocycles. The third-order valence-electron chi connectivity index (χ3n) is 3.74. The normalized spacial score (nSPS) is 28.6. The molecule has 0 aromatic rings. The van der Waals surface area contributed by atoms with Crippen molar-refractivity contribution in [1.29, 1.82) is 0 Å². The Morgan fingerprint density at radius 1 is 1.24 bits per heavy atom. The summed E-state index contributed by atoms with van der Waals surface area (Å²) in [6, 6.07) is 1.07. The Morgan fingerprint density at radius 2 is 1.94 bits per heavy atom. The summed E-state index contributed by atoms with van der Waals surface area (Å²) in [7, 11) is -2.98. The lowest BCUT2D eigenvalue weighted by Crippen LogP contribution is -2.48. The van der Waals surface area contributed by atoms with Gasteiger partial charge in [0, 0.05) is 31.7 Å². The van der Waals surface area contributed by atoms with Crippen LogP contribution >= 0.6 is 0 Å². The minimum Gasteiger partial charge on any atom is -0.315 e. The van der Waals surface area contributed by atoms with Crippen molar-refractivity contribution >= 4 is 10.0 Å². The van der Waals surface area contributed by atoms with E-state index in [1.54, 1.807) is 11.2 Å². The summed E-state index contributed by atoms with van der Waals surface area (Å²) in [5.74, 6) is 0.220. The van der Waals surface area contributed by atoms with Crippen LogP contribution in [0.2, 0.25) is 0 Å². The highest BCUT2D eigenvalue weighted by molar-refractivity contribution is 7.89. The molecule has 2 N–H and O–H groups in total. The maximum Gasteiger partial charge on any atom is 0.213 e. The van der Waals surface area contributed by atoms with Gasteiger partial charge in [-0.2, -0.15) is 0 Å². The number of hydrogen-bond acceptors (Lipinski definition) is 4. The smallest absolute Gasteiger partial charge is 0.213 e. The van der Waals surface area contributed by atoms with Gasteiger partial charge in [0.1, 0.15) is 0 Å². The van der Waals surface area contributed by atoms with Crippen LogP contribution in [-0.2, 0) is 10.0 Å². The van der Waals surface area contributed by atoms with Crippen molar-refractivity contribution in [1.82, 2.24) is 14.9 Å². The Bertz CT molecular complexity index is 331. The zero-order chi connectivity index (χ0) is 12.3. The molecule has 100 valence electrons. The molecular weight excluding hydrogens is 238 g/mol. The molecular formula is C11H23N3O2S. The molecule has 2 heterocycles. The van der Waals surface area contributed by atoms with Crippen LogP contribution in [0.4, 0.5) is 0 Å². The minimum atomic E-state index is -2.98. The zero-order valence-electron chi connectivity index (χ0n) is 10.5. The molecule has 1 unspecified atom stereocenters. The van der Waals surface area contributed by atoms with Crippen molar-refractivity contribution in [2.24, 2.45) is 0 Å². The molecule has 1 atom stereocenters. The first-order chi connectivity index (χ1) is 8.12. The third-order valence-corrected chi connectivity index (χ3v) is 5.63. The van der Waals surface area contributed by atoms with E-state index in [-0.39, 0.29) is 5.75 Å². The first-order valence-corrected chi connectivity index (χ1v) is 8.17. The maximum absolute atomic E-state index is 11.7. The van der Waals surface area contributed by atoms with Gasteiger partial charge in [0.15, 0.2) is 0 Å². The molecule has 5 nitrogen and oxygen atoms in total. The molecule has 0 saturated carbocycles. The number of rotatable bonds is 4. The SMILES string of the molecule is CCS(=O)(=O)N1CCC(NC2CCNC2)CC1. The van der Waals surface area contributed by atoms with E-state index in [4.69, 9.17) is 0 Å².